The van der Waals surface area contributed by atoms with E-state index in [9.17, 15) is 13.2 Å². The molecule has 0 spiro atoms. The fraction of sp³-hybridized carbons (Fsp3) is 1.00. The maximum absolute atomic E-state index is 11.5. The first-order valence-electron chi connectivity index (χ1n) is 3.38. The summed E-state index contributed by atoms with van der Waals surface area (Å²) in [7, 11) is 0. The summed E-state index contributed by atoms with van der Waals surface area (Å²) < 4.78 is 43.8. The quantitative estimate of drug-likeness (QED) is 0.628. The van der Waals surface area contributed by atoms with Crippen molar-refractivity contribution >= 4 is 0 Å². The number of alkyl halides is 3. The summed E-state index contributed by atoms with van der Waals surface area (Å²) in [6.45, 7) is -0.708. The molecule has 11 heavy (non-hydrogen) atoms. The predicted octanol–water partition coefficient (Wildman–Crippen LogP) is 1.70. The van der Waals surface area contributed by atoms with E-state index in [-0.39, 0.29) is 0 Å². The maximum Gasteiger partial charge on any atom is 0.411 e. The fourth-order valence-corrected chi connectivity index (χ4v) is 0.867. The second-order valence-corrected chi connectivity index (χ2v) is 2.37. The van der Waals surface area contributed by atoms with E-state index in [4.69, 9.17) is 4.74 Å². The molecule has 1 aliphatic heterocycles. The van der Waals surface area contributed by atoms with Crippen LogP contribution in [0.15, 0.2) is 0 Å². The van der Waals surface area contributed by atoms with Gasteiger partial charge in [0.25, 0.3) is 0 Å². The molecule has 1 unspecified atom stereocenters. The van der Waals surface area contributed by atoms with E-state index >= 15 is 0 Å². The van der Waals surface area contributed by atoms with Crippen molar-refractivity contribution < 1.29 is 22.6 Å². The van der Waals surface area contributed by atoms with Crippen LogP contribution in [0.4, 0.5) is 13.2 Å². The summed E-state index contributed by atoms with van der Waals surface area (Å²) in [4.78, 5) is 0. The molecule has 2 nitrogen and oxygen atoms in total. The monoisotopic (exact) mass is 170 g/mol. The molecule has 0 aliphatic carbocycles. The third-order valence-corrected chi connectivity index (χ3v) is 1.32. The number of halogens is 3. The molecule has 1 saturated heterocycles. The summed E-state index contributed by atoms with van der Waals surface area (Å²) in [5, 5.41) is 0. The first-order chi connectivity index (χ1) is 5.08. The molecule has 1 rings (SSSR count). The van der Waals surface area contributed by atoms with Crippen molar-refractivity contribution in [2.45, 2.75) is 25.3 Å². The van der Waals surface area contributed by atoms with Gasteiger partial charge in [0.1, 0.15) is 6.61 Å². The third kappa shape index (κ3) is 3.57. The highest BCUT2D eigenvalue weighted by Gasteiger charge is 2.30. The van der Waals surface area contributed by atoms with Gasteiger partial charge in [0.2, 0.25) is 0 Å². The van der Waals surface area contributed by atoms with Crippen LogP contribution in [0.1, 0.15) is 12.8 Å². The average molecular weight is 170 g/mol. The molecule has 0 bridgehead atoms. The Morgan fingerprint density at radius 1 is 1.45 bits per heavy atom. The van der Waals surface area contributed by atoms with Crippen LogP contribution in [0.3, 0.4) is 0 Å². The highest BCUT2D eigenvalue weighted by atomic mass is 19.4. The van der Waals surface area contributed by atoms with Crippen molar-refractivity contribution in [1.82, 2.24) is 0 Å². The van der Waals surface area contributed by atoms with Crippen LogP contribution in [-0.2, 0) is 9.47 Å². The van der Waals surface area contributed by atoms with Crippen molar-refractivity contribution in [2.24, 2.45) is 0 Å². The van der Waals surface area contributed by atoms with Gasteiger partial charge in [-0.25, -0.2) is 0 Å². The maximum atomic E-state index is 11.5. The Bertz CT molecular complexity index is 117. The Labute approximate surface area is 62.3 Å². The highest BCUT2D eigenvalue weighted by molar-refractivity contribution is 4.56. The van der Waals surface area contributed by atoms with Crippen LogP contribution in [0.25, 0.3) is 0 Å². The van der Waals surface area contributed by atoms with Crippen LogP contribution in [0, 0.1) is 0 Å². The smallest absolute Gasteiger partial charge is 0.353 e. The molecule has 0 aromatic carbocycles. The van der Waals surface area contributed by atoms with E-state index in [1.165, 1.54) is 0 Å². The van der Waals surface area contributed by atoms with Crippen LogP contribution in [-0.4, -0.2) is 25.7 Å². The van der Waals surface area contributed by atoms with Gasteiger partial charge in [0.15, 0.2) is 6.29 Å². The molecular weight excluding hydrogens is 161 g/mol. The van der Waals surface area contributed by atoms with Gasteiger partial charge < -0.3 is 9.47 Å². The minimum absolute atomic E-state index is 0.503. The molecule has 1 aliphatic rings. The van der Waals surface area contributed by atoms with Crippen molar-refractivity contribution in [1.29, 1.82) is 0 Å². The Kier molecular flexibility index (Phi) is 2.72. The SMILES string of the molecule is FC(F)(F)COC1CCCO1. The van der Waals surface area contributed by atoms with Gasteiger partial charge >= 0.3 is 6.18 Å². The molecule has 0 amide bonds. The molecule has 5 heteroatoms. The Balaban J connectivity index is 2.11. The summed E-state index contributed by atoms with van der Waals surface area (Å²) >= 11 is 0. The van der Waals surface area contributed by atoms with Crippen LogP contribution < -0.4 is 0 Å². The topological polar surface area (TPSA) is 18.5 Å². The largest absolute Gasteiger partial charge is 0.411 e. The lowest BCUT2D eigenvalue weighted by Gasteiger charge is -2.12. The zero-order valence-electron chi connectivity index (χ0n) is 5.86. The molecule has 0 aromatic rings. The standard InChI is InChI=1S/C6H9F3O2/c7-6(8,9)4-11-5-2-1-3-10-5/h5H,1-4H2. The van der Waals surface area contributed by atoms with Gasteiger partial charge in [-0.05, 0) is 6.42 Å². The molecule has 0 saturated carbocycles. The van der Waals surface area contributed by atoms with Crippen LogP contribution in [0.5, 0.6) is 0 Å². The number of hydrogen-bond donors (Lipinski definition) is 0. The summed E-state index contributed by atoms with van der Waals surface area (Å²) in [5.41, 5.74) is 0. The van der Waals surface area contributed by atoms with Crippen LogP contribution in [0.2, 0.25) is 0 Å². The van der Waals surface area contributed by atoms with Crippen molar-refractivity contribution in [3.05, 3.63) is 0 Å². The molecular formula is C6H9F3O2. The van der Waals surface area contributed by atoms with Gasteiger partial charge in [-0.3, -0.25) is 0 Å². The minimum Gasteiger partial charge on any atom is -0.353 e. The lowest BCUT2D eigenvalue weighted by atomic mass is 10.4. The normalized spacial score (nSPS) is 25.9. The molecule has 66 valence electrons. The molecule has 0 radical (unpaired) electrons. The van der Waals surface area contributed by atoms with Gasteiger partial charge in [0, 0.05) is 13.0 Å². The lowest BCUT2D eigenvalue weighted by Crippen LogP contribution is -2.22. The number of ether oxygens (including phenoxy) is 2. The van der Waals surface area contributed by atoms with E-state index < -0.39 is 19.1 Å². The summed E-state index contributed by atoms with van der Waals surface area (Å²) in [5.74, 6) is 0. The first kappa shape index (κ1) is 8.80. The van der Waals surface area contributed by atoms with Gasteiger partial charge in [-0.15, -0.1) is 0 Å². The van der Waals surface area contributed by atoms with E-state index in [0.29, 0.717) is 13.0 Å². The second kappa shape index (κ2) is 3.40. The predicted molar refractivity (Wildman–Crippen MR) is 31.0 cm³/mol. The minimum atomic E-state index is -4.24. The first-order valence-corrected chi connectivity index (χ1v) is 3.38. The third-order valence-electron chi connectivity index (χ3n) is 1.32. The van der Waals surface area contributed by atoms with Gasteiger partial charge in [-0.2, -0.15) is 13.2 Å². The van der Waals surface area contributed by atoms with Crippen molar-refractivity contribution in [2.75, 3.05) is 13.2 Å². The zero-order chi connectivity index (χ0) is 8.32. The molecule has 1 atom stereocenters. The highest BCUT2D eigenvalue weighted by Crippen LogP contribution is 2.19. The Hall–Kier alpha value is -0.290. The van der Waals surface area contributed by atoms with Crippen molar-refractivity contribution in [3.63, 3.8) is 0 Å². The second-order valence-electron chi connectivity index (χ2n) is 2.37. The van der Waals surface area contributed by atoms with E-state index in [1.54, 1.807) is 0 Å². The number of rotatable bonds is 2. The molecule has 0 N–H and O–H groups in total. The molecule has 1 fully saturated rings. The fourth-order valence-electron chi connectivity index (χ4n) is 0.867. The average Bonchev–Trinajstić information content (AvgIpc) is 2.32. The van der Waals surface area contributed by atoms with Crippen LogP contribution >= 0.6 is 0 Å². The molecule has 0 aromatic heterocycles. The van der Waals surface area contributed by atoms with Gasteiger partial charge in [-0.1, -0.05) is 0 Å². The van der Waals surface area contributed by atoms with E-state index in [0.717, 1.165) is 6.42 Å². The van der Waals surface area contributed by atoms with Gasteiger partial charge in [0.05, 0.1) is 0 Å². The number of hydrogen-bond acceptors (Lipinski definition) is 2. The lowest BCUT2D eigenvalue weighted by molar-refractivity contribution is -0.218. The van der Waals surface area contributed by atoms with E-state index in [1.807, 2.05) is 0 Å². The Morgan fingerprint density at radius 2 is 2.18 bits per heavy atom. The Morgan fingerprint density at radius 3 is 2.64 bits per heavy atom. The zero-order valence-corrected chi connectivity index (χ0v) is 5.86. The van der Waals surface area contributed by atoms with E-state index in [2.05, 4.69) is 4.74 Å². The summed E-state index contributed by atoms with van der Waals surface area (Å²) in [6, 6.07) is 0. The molecule has 1 heterocycles. The summed E-state index contributed by atoms with van der Waals surface area (Å²) in [6.07, 6.45) is -3.54. The van der Waals surface area contributed by atoms with Crippen molar-refractivity contribution in [3.8, 4) is 0 Å².